The molecule has 1 aromatic carbocycles. The number of carbonyl (C=O) groups excluding carboxylic acids is 1. The van der Waals surface area contributed by atoms with Crippen molar-refractivity contribution < 1.29 is 23.0 Å². The molecule has 1 aliphatic rings. The first-order valence-electron chi connectivity index (χ1n) is 6.75. The Morgan fingerprint density at radius 1 is 1.48 bits per heavy atom. The molecule has 0 aliphatic carbocycles. The Morgan fingerprint density at radius 3 is 2.95 bits per heavy atom. The average Bonchev–Trinajstić information content (AvgIpc) is 2.93. The molecule has 7 heteroatoms. The van der Waals surface area contributed by atoms with Crippen molar-refractivity contribution in [3.63, 3.8) is 0 Å². The molecule has 0 saturated carbocycles. The highest BCUT2D eigenvalue weighted by Crippen LogP contribution is 2.19. The topological polar surface area (TPSA) is 73.6 Å². The number of carbonyl (C=O) groups is 1. The van der Waals surface area contributed by atoms with Crippen LogP contribution in [0.5, 0.6) is 5.75 Å². The summed E-state index contributed by atoms with van der Waals surface area (Å²) in [5.41, 5.74) is 6.16. The molecule has 0 bridgehead atoms. The number of ether oxygens (including phenoxy) is 2. The lowest BCUT2D eigenvalue weighted by Crippen LogP contribution is -2.35. The van der Waals surface area contributed by atoms with E-state index in [4.69, 9.17) is 10.5 Å². The van der Waals surface area contributed by atoms with Crippen LogP contribution in [0.4, 0.5) is 8.78 Å². The lowest BCUT2D eigenvalue weighted by atomic mass is 10.1. The summed E-state index contributed by atoms with van der Waals surface area (Å²) < 4.78 is 34.0. The summed E-state index contributed by atoms with van der Waals surface area (Å²) in [7, 11) is 0. The van der Waals surface area contributed by atoms with Crippen molar-refractivity contribution in [3.8, 4) is 5.75 Å². The third-order valence-electron chi connectivity index (χ3n) is 3.25. The molecule has 116 valence electrons. The van der Waals surface area contributed by atoms with Gasteiger partial charge in [0.2, 0.25) is 5.91 Å². The predicted octanol–water partition coefficient (Wildman–Crippen LogP) is 1.41. The maximum atomic E-state index is 12.1. The highest BCUT2D eigenvalue weighted by Gasteiger charge is 2.29. The van der Waals surface area contributed by atoms with Crippen molar-refractivity contribution in [1.29, 1.82) is 0 Å². The van der Waals surface area contributed by atoms with Gasteiger partial charge in [0.05, 0.1) is 6.10 Å². The van der Waals surface area contributed by atoms with Gasteiger partial charge >= 0.3 is 6.61 Å². The molecule has 2 atom stereocenters. The second-order valence-corrected chi connectivity index (χ2v) is 4.80. The van der Waals surface area contributed by atoms with Crippen molar-refractivity contribution in [2.45, 2.75) is 38.2 Å². The summed E-state index contributed by atoms with van der Waals surface area (Å²) in [6.07, 6.45) is 0.858. The zero-order chi connectivity index (χ0) is 15.2. The number of benzene rings is 1. The summed E-state index contributed by atoms with van der Waals surface area (Å²) in [6.45, 7) is -2.24. The minimum absolute atomic E-state index is 0.0662. The Hall–Kier alpha value is -1.73. The number of hydrogen-bond donors (Lipinski definition) is 2. The van der Waals surface area contributed by atoms with Gasteiger partial charge in [0.25, 0.3) is 0 Å². The van der Waals surface area contributed by atoms with E-state index < -0.39 is 12.7 Å². The molecule has 0 unspecified atom stereocenters. The summed E-state index contributed by atoms with van der Waals surface area (Å²) >= 11 is 0. The van der Waals surface area contributed by atoms with Crippen LogP contribution >= 0.6 is 0 Å². The zero-order valence-corrected chi connectivity index (χ0v) is 11.4. The molecule has 1 fully saturated rings. The van der Waals surface area contributed by atoms with E-state index in [1.54, 1.807) is 12.1 Å². The van der Waals surface area contributed by atoms with Gasteiger partial charge in [-0.05, 0) is 30.5 Å². The number of halogens is 2. The molecule has 1 amide bonds. The van der Waals surface area contributed by atoms with Gasteiger partial charge in [0.1, 0.15) is 11.9 Å². The Morgan fingerprint density at radius 2 is 2.29 bits per heavy atom. The Balaban J connectivity index is 1.84. The van der Waals surface area contributed by atoms with Gasteiger partial charge in [-0.25, -0.2) is 0 Å². The Kier molecular flexibility index (Phi) is 5.46. The van der Waals surface area contributed by atoms with E-state index in [-0.39, 0.29) is 24.3 Å². The normalized spacial score (nSPS) is 21.5. The van der Waals surface area contributed by atoms with Crippen molar-refractivity contribution in [2.24, 2.45) is 5.73 Å². The van der Waals surface area contributed by atoms with Crippen LogP contribution in [0.25, 0.3) is 0 Å². The minimum atomic E-state index is -2.87. The van der Waals surface area contributed by atoms with E-state index >= 15 is 0 Å². The standard InChI is InChI=1S/C14H18F2N2O3/c15-14(16)21-10-3-1-2-9(6-10)8-18-13(19)12-5-4-11(7-17)20-12/h1-3,6,11-12,14H,4-5,7-8,17H2,(H,18,19)/t11-,12+/m1/s1. The minimum Gasteiger partial charge on any atom is -0.435 e. The number of hydrogen-bond acceptors (Lipinski definition) is 4. The molecule has 2 rings (SSSR count). The van der Waals surface area contributed by atoms with Crippen LogP contribution in [0, 0.1) is 0 Å². The first kappa shape index (κ1) is 15.7. The maximum Gasteiger partial charge on any atom is 0.387 e. The SMILES string of the molecule is NC[C@H]1CC[C@@H](C(=O)NCc2cccc(OC(F)F)c2)O1. The third-order valence-corrected chi connectivity index (χ3v) is 3.25. The number of alkyl halides is 2. The van der Waals surface area contributed by atoms with Crippen LogP contribution in [0.1, 0.15) is 18.4 Å². The molecule has 5 nitrogen and oxygen atoms in total. The van der Waals surface area contributed by atoms with E-state index in [0.717, 1.165) is 6.42 Å². The molecule has 21 heavy (non-hydrogen) atoms. The molecule has 0 spiro atoms. The van der Waals surface area contributed by atoms with E-state index in [9.17, 15) is 13.6 Å². The second-order valence-electron chi connectivity index (χ2n) is 4.80. The number of rotatable bonds is 6. The predicted molar refractivity (Wildman–Crippen MR) is 71.9 cm³/mol. The van der Waals surface area contributed by atoms with Gasteiger partial charge in [0, 0.05) is 13.1 Å². The maximum absolute atomic E-state index is 12.1. The van der Waals surface area contributed by atoms with Crippen LogP contribution in [0.3, 0.4) is 0 Å². The summed E-state index contributed by atoms with van der Waals surface area (Å²) in [5.74, 6) is -0.150. The smallest absolute Gasteiger partial charge is 0.387 e. The van der Waals surface area contributed by atoms with Gasteiger partial charge in [-0.3, -0.25) is 4.79 Å². The molecule has 1 aromatic rings. The molecular formula is C14H18F2N2O3. The van der Waals surface area contributed by atoms with E-state index in [2.05, 4.69) is 10.1 Å². The first-order valence-corrected chi connectivity index (χ1v) is 6.75. The van der Waals surface area contributed by atoms with E-state index in [1.807, 2.05) is 0 Å². The fraction of sp³-hybridized carbons (Fsp3) is 0.500. The van der Waals surface area contributed by atoms with Crippen LogP contribution in [-0.4, -0.2) is 31.3 Å². The summed E-state index contributed by atoms with van der Waals surface area (Å²) in [5, 5.41) is 2.72. The largest absolute Gasteiger partial charge is 0.435 e. The van der Waals surface area contributed by atoms with Crippen LogP contribution < -0.4 is 15.8 Å². The van der Waals surface area contributed by atoms with Gasteiger partial charge in [-0.15, -0.1) is 0 Å². The average molecular weight is 300 g/mol. The fourth-order valence-corrected chi connectivity index (χ4v) is 2.21. The van der Waals surface area contributed by atoms with Gasteiger partial charge in [-0.1, -0.05) is 12.1 Å². The number of amides is 1. The summed E-state index contributed by atoms with van der Waals surface area (Å²) in [4.78, 5) is 11.9. The Labute approximate surface area is 121 Å². The monoisotopic (exact) mass is 300 g/mol. The lowest BCUT2D eigenvalue weighted by molar-refractivity contribution is -0.132. The van der Waals surface area contributed by atoms with Crippen molar-refractivity contribution in [2.75, 3.05) is 6.54 Å². The summed E-state index contributed by atoms with van der Waals surface area (Å²) in [6, 6.07) is 6.21. The van der Waals surface area contributed by atoms with E-state index in [1.165, 1.54) is 12.1 Å². The highest BCUT2D eigenvalue weighted by atomic mass is 19.3. The second kappa shape index (κ2) is 7.33. The number of nitrogens with two attached hydrogens (primary N) is 1. The van der Waals surface area contributed by atoms with E-state index in [0.29, 0.717) is 18.5 Å². The van der Waals surface area contributed by atoms with Crippen LogP contribution in [-0.2, 0) is 16.1 Å². The zero-order valence-electron chi connectivity index (χ0n) is 11.4. The van der Waals surface area contributed by atoms with Gasteiger partial charge in [0.15, 0.2) is 0 Å². The third kappa shape index (κ3) is 4.64. The quantitative estimate of drug-likeness (QED) is 0.833. The molecular weight excluding hydrogens is 282 g/mol. The van der Waals surface area contributed by atoms with Crippen molar-refractivity contribution in [3.05, 3.63) is 29.8 Å². The van der Waals surface area contributed by atoms with Crippen molar-refractivity contribution >= 4 is 5.91 Å². The van der Waals surface area contributed by atoms with Crippen molar-refractivity contribution in [1.82, 2.24) is 5.32 Å². The Bertz CT molecular complexity index is 485. The lowest BCUT2D eigenvalue weighted by Gasteiger charge is -2.13. The fourth-order valence-electron chi connectivity index (χ4n) is 2.21. The molecule has 1 heterocycles. The highest BCUT2D eigenvalue weighted by molar-refractivity contribution is 5.81. The number of nitrogens with one attached hydrogen (secondary N) is 1. The van der Waals surface area contributed by atoms with Crippen LogP contribution in [0.15, 0.2) is 24.3 Å². The van der Waals surface area contributed by atoms with Gasteiger partial charge in [-0.2, -0.15) is 8.78 Å². The molecule has 1 saturated heterocycles. The van der Waals surface area contributed by atoms with Crippen LogP contribution in [0.2, 0.25) is 0 Å². The molecule has 1 aliphatic heterocycles. The molecule has 0 aromatic heterocycles. The van der Waals surface area contributed by atoms with Gasteiger partial charge < -0.3 is 20.5 Å². The molecule has 3 N–H and O–H groups in total. The molecule has 0 radical (unpaired) electrons. The first-order chi connectivity index (χ1) is 10.1.